The van der Waals surface area contributed by atoms with Crippen molar-refractivity contribution in [2.45, 2.75) is 127 Å². The van der Waals surface area contributed by atoms with E-state index in [2.05, 4.69) is 21.9 Å². The van der Waals surface area contributed by atoms with Crippen LogP contribution in [0, 0.1) is 17.3 Å². The lowest BCUT2D eigenvalue weighted by molar-refractivity contribution is -0.142. The van der Waals surface area contributed by atoms with E-state index < -0.39 is 80.2 Å². The van der Waals surface area contributed by atoms with Crippen LogP contribution < -0.4 is 29.7 Å². The molecule has 18 heteroatoms. The van der Waals surface area contributed by atoms with Gasteiger partial charge in [-0.05, 0) is 81.3 Å². The number of nitrogens with one attached hydrogen (secondary N) is 3. The molecule has 338 valence electrons. The maximum atomic E-state index is 15.0. The third-order valence-electron chi connectivity index (χ3n) is 13.0. The number of carbonyl (C=O) groups is 5. The normalized spacial score (nSPS) is 26.8. The van der Waals surface area contributed by atoms with Crippen LogP contribution in [0.1, 0.15) is 97.0 Å². The van der Waals surface area contributed by atoms with Crippen molar-refractivity contribution in [1.29, 1.82) is 0 Å². The van der Waals surface area contributed by atoms with Crippen LogP contribution in [0.2, 0.25) is 0 Å². The Labute approximate surface area is 363 Å². The SMILES string of the molecule is C=C[C@@H]1CC1(NC(=O)[C@@H]1C[C@@H]2CN1C(=O)[C@H](C1CCCCC1)NC(=O)OCC(C)(C)CCCc1cc3c(cc(N(C)C(=O)OCC)nc3cc1OC)O2)C(=O)NS(=O)(=O)C1CC1. The molecule has 0 spiro atoms. The Morgan fingerprint density at radius 2 is 1.84 bits per heavy atom. The van der Waals surface area contributed by atoms with Gasteiger partial charge in [-0.3, -0.25) is 24.0 Å². The molecule has 2 aliphatic heterocycles. The Bertz CT molecular complexity index is 2210. The van der Waals surface area contributed by atoms with Gasteiger partial charge in [-0.2, -0.15) is 0 Å². The molecule has 1 unspecified atom stereocenters. The molecule has 5 atom stereocenters. The fourth-order valence-corrected chi connectivity index (χ4v) is 10.4. The number of pyridine rings is 1. The molecule has 62 heavy (non-hydrogen) atoms. The van der Waals surface area contributed by atoms with E-state index in [4.69, 9.17) is 23.9 Å². The Morgan fingerprint density at radius 1 is 1.10 bits per heavy atom. The summed E-state index contributed by atoms with van der Waals surface area (Å²) in [7, 11) is -0.842. The Balaban J connectivity index is 1.29. The molecule has 7 rings (SSSR count). The predicted molar refractivity (Wildman–Crippen MR) is 229 cm³/mol. The largest absolute Gasteiger partial charge is 0.496 e. The average Bonchev–Trinajstić information content (AvgIpc) is 4.18. The van der Waals surface area contributed by atoms with Gasteiger partial charge in [-0.25, -0.2) is 23.0 Å². The number of fused-ring (bicyclic) bond motifs is 3. The molecule has 3 aliphatic carbocycles. The third kappa shape index (κ3) is 9.59. The first-order valence-electron chi connectivity index (χ1n) is 21.8. The summed E-state index contributed by atoms with van der Waals surface area (Å²) >= 11 is 0. The van der Waals surface area contributed by atoms with Crippen LogP contribution in [-0.4, -0.2) is 111 Å². The summed E-state index contributed by atoms with van der Waals surface area (Å²) in [5, 5.41) is 5.68. The number of methoxy groups -OCH3 is 1. The van der Waals surface area contributed by atoms with Gasteiger partial charge in [-0.1, -0.05) is 39.2 Å². The highest BCUT2D eigenvalue weighted by Crippen LogP contribution is 2.46. The van der Waals surface area contributed by atoms with E-state index in [9.17, 15) is 27.6 Å². The molecule has 3 N–H and O–H groups in total. The smallest absolute Gasteiger partial charge is 0.415 e. The van der Waals surface area contributed by atoms with Crippen molar-refractivity contribution in [3.8, 4) is 11.5 Å². The number of anilines is 1. The van der Waals surface area contributed by atoms with E-state index >= 15 is 4.79 Å². The number of aromatic nitrogens is 1. The lowest BCUT2D eigenvalue weighted by Gasteiger charge is -2.35. The molecule has 5 amide bonds. The van der Waals surface area contributed by atoms with Crippen LogP contribution in [0.4, 0.5) is 15.4 Å². The van der Waals surface area contributed by atoms with E-state index in [0.29, 0.717) is 60.9 Å². The van der Waals surface area contributed by atoms with Gasteiger partial charge in [-0.15, -0.1) is 6.58 Å². The Morgan fingerprint density at radius 3 is 2.50 bits per heavy atom. The first-order chi connectivity index (χ1) is 29.5. The highest BCUT2D eigenvalue weighted by molar-refractivity contribution is 7.91. The topological polar surface area (TPSA) is 212 Å². The van der Waals surface area contributed by atoms with Crippen molar-refractivity contribution in [2.24, 2.45) is 17.3 Å². The number of alkyl carbamates (subject to hydrolysis) is 1. The van der Waals surface area contributed by atoms with E-state index in [-0.39, 0.29) is 44.3 Å². The number of sulfonamides is 1. The van der Waals surface area contributed by atoms with Gasteiger partial charge < -0.3 is 34.5 Å². The minimum Gasteiger partial charge on any atom is -0.496 e. The molecule has 3 saturated carbocycles. The minimum atomic E-state index is -3.94. The van der Waals surface area contributed by atoms with Gasteiger partial charge in [0.15, 0.2) is 0 Å². The number of cyclic esters (lactones) is 1. The fourth-order valence-electron chi connectivity index (χ4n) is 9.08. The molecule has 4 bridgehead atoms. The second-order valence-corrected chi connectivity index (χ2v) is 20.2. The molecular formula is C44H60N6O11S. The highest BCUT2D eigenvalue weighted by Gasteiger charge is 2.62. The van der Waals surface area contributed by atoms with Gasteiger partial charge in [0.25, 0.3) is 5.91 Å². The zero-order chi connectivity index (χ0) is 44.6. The summed E-state index contributed by atoms with van der Waals surface area (Å²) in [4.78, 5) is 77.4. The quantitative estimate of drug-likeness (QED) is 0.273. The molecule has 5 aliphatic rings. The summed E-state index contributed by atoms with van der Waals surface area (Å²) in [5.41, 5.74) is -0.673. The molecule has 3 heterocycles. The van der Waals surface area contributed by atoms with Gasteiger partial charge in [0, 0.05) is 36.9 Å². The summed E-state index contributed by atoms with van der Waals surface area (Å²) in [6, 6.07) is 3.12. The van der Waals surface area contributed by atoms with Crippen LogP contribution in [0.15, 0.2) is 30.9 Å². The lowest BCUT2D eigenvalue weighted by atomic mass is 9.83. The van der Waals surface area contributed by atoms with Crippen LogP contribution in [0.5, 0.6) is 11.5 Å². The first-order valence-corrected chi connectivity index (χ1v) is 23.4. The van der Waals surface area contributed by atoms with Crippen LogP contribution in [0.3, 0.4) is 0 Å². The van der Waals surface area contributed by atoms with E-state index in [1.807, 2.05) is 19.9 Å². The van der Waals surface area contributed by atoms with Gasteiger partial charge in [0.1, 0.15) is 41.0 Å². The molecule has 17 nitrogen and oxygen atoms in total. The van der Waals surface area contributed by atoms with E-state index in [1.54, 1.807) is 26.2 Å². The van der Waals surface area contributed by atoms with E-state index in [0.717, 1.165) is 31.2 Å². The van der Waals surface area contributed by atoms with Crippen molar-refractivity contribution < 1.29 is 51.3 Å². The number of rotatable bonds is 10. The molecule has 1 aromatic heterocycles. The number of benzene rings is 1. The zero-order valence-electron chi connectivity index (χ0n) is 36.3. The minimum absolute atomic E-state index is 0.0275. The molecule has 1 saturated heterocycles. The monoisotopic (exact) mass is 880 g/mol. The molecule has 0 radical (unpaired) electrons. The second-order valence-electron chi connectivity index (χ2n) is 18.2. The van der Waals surface area contributed by atoms with Crippen LogP contribution in [0.25, 0.3) is 10.9 Å². The molecule has 2 aromatic rings. The molecule has 4 fully saturated rings. The maximum Gasteiger partial charge on any atom is 0.415 e. The summed E-state index contributed by atoms with van der Waals surface area (Å²) in [6.45, 7) is 9.69. The number of hydrogen-bond acceptors (Lipinski definition) is 12. The van der Waals surface area contributed by atoms with Gasteiger partial charge >= 0.3 is 12.2 Å². The maximum absolute atomic E-state index is 15.0. The standard InChI is InChI=1S/C44H60N6O11S/c1-7-28-23-44(28,40(53)48-62(56,57)30-16-17-30)47-38(51)33-20-29-24-50(33)39(52)37(26-13-10-9-11-14-26)46-41(54)60-25-43(3,4)18-12-15-27-19-31-32(21-34(27)58-6)45-36(22-35(31)61-29)49(5)42(55)59-8-2/h7,19,21-22,26,28-30,33,37H,1,8-18,20,23-25H2,2-6H3,(H,46,54)(H,47,51)(H,48,53)/t28-,29-,33+,37+,44?/m1/s1. The summed E-state index contributed by atoms with van der Waals surface area (Å²) < 4.78 is 51.6. The Kier molecular flexibility index (Phi) is 13.0. The fraction of sp³-hybridized carbons (Fsp3) is 0.636. The number of ether oxygens (including phenoxy) is 4. The molecular weight excluding hydrogens is 821 g/mol. The first kappa shape index (κ1) is 44.9. The average molecular weight is 881 g/mol. The van der Waals surface area contributed by atoms with Gasteiger partial charge in [0.2, 0.25) is 21.8 Å². The molecule has 1 aromatic carbocycles. The zero-order valence-corrected chi connectivity index (χ0v) is 37.1. The van der Waals surface area contributed by atoms with Crippen molar-refractivity contribution >= 4 is 56.7 Å². The predicted octanol–water partition coefficient (Wildman–Crippen LogP) is 4.89. The third-order valence-corrected chi connectivity index (χ3v) is 14.8. The van der Waals surface area contributed by atoms with Crippen LogP contribution in [-0.2, 0) is 40.3 Å². The number of carbonyl (C=O) groups excluding carboxylic acids is 5. The van der Waals surface area contributed by atoms with Gasteiger partial charge in [0.05, 0.1) is 37.6 Å². The Hall–Kier alpha value is -5.13. The van der Waals surface area contributed by atoms with E-state index in [1.165, 1.54) is 22.9 Å². The second kappa shape index (κ2) is 17.9. The van der Waals surface area contributed by atoms with Crippen molar-refractivity contribution in [1.82, 2.24) is 25.2 Å². The number of hydrogen-bond donors (Lipinski definition) is 3. The lowest BCUT2D eigenvalue weighted by Crippen LogP contribution is -2.59. The highest BCUT2D eigenvalue weighted by atomic mass is 32.2. The van der Waals surface area contributed by atoms with Crippen molar-refractivity contribution in [3.63, 3.8) is 0 Å². The number of nitrogens with zero attached hydrogens (tertiary/aromatic N) is 3. The number of aryl methyl sites for hydroxylation is 1. The van der Waals surface area contributed by atoms with Crippen molar-refractivity contribution in [2.75, 3.05) is 38.8 Å². The summed E-state index contributed by atoms with van der Waals surface area (Å²) in [6.07, 6.45) is 6.42. The van der Waals surface area contributed by atoms with Crippen LogP contribution >= 0.6 is 0 Å². The van der Waals surface area contributed by atoms with Crippen molar-refractivity contribution in [3.05, 3.63) is 36.4 Å². The summed E-state index contributed by atoms with van der Waals surface area (Å²) in [5.74, 6) is -1.68. The number of amides is 5.